The van der Waals surface area contributed by atoms with E-state index < -0.39 is 54.0 Å². The minimum Gasteiger partial charge on any atom is -0.478 e. The SMILES string of the molecule is CCOC(=O)C1=C[C@@H](OC(CC)CC)[C@H](NC(C)=O)[C@@H](NC(=O)C/C(=C/C(=O)O)C(=O)O)C1. The Kier molecular flexibility index (Phi) is 11.3. The first-order valence-electron chi connectivity index (χ1n) is 10.8. The van der Waals surface area contributed by atoms with Crippen molar-refractivity contribution >= 4 is 29.7 Å². The van der Waals surface area contributed by atoms with Gasteiger partial charge in [0.25, 0.3) is 0 Å². The molecular weight excluding hydrogens is 436 g/mol. The van der Waals surface area contributed by atoms with Crippen LogP contribution in [0.25, 0.3) is 0 Å². The molecule has 184 valence electrons. The van der Waals surface area contributed by atoms with E-state index in [1.54, 1.807) is 13.0 Å². The minimum atomic E-state index is -1.54. The van der Waals surface area contributed by atoms with Crippen LogP contribution < -0.4 is 10.6 Å². The van der Waals surface area contributed by atoms with Gasteiger partial charge in [0.15, 0.2) is 0 Å². The van der Waals surface area contributed by atoms with Gasteiger partial charge in [-0.05, 0) is 25.8 Å². The van der Waals surface area contributed by atoms with Gasteiger partial charge in [-0.3, -0.25) is 9.59 Å². The highest BCUT2D eigenvalue weighted by atomic mass is 16.5. The summed E-state index contributed by atoms with van der Waals surface area (Å²) < 4.78 is 11.2. The summed E-state index contributed by atoms with van der Waals surface area (Å²) in [6.07, 6.45) is 1.75. The molecule has 0 unspecified atom stereocenters. The van der Waals surface area contributed by atoms with Gasteiger partial charge in [0, 0.05) is 25.0 Å². The third-order valence-corrected chi connectivity index (χ3v) is 5.03. The highest BCUT2D eigenvalue weighted by Crippen LogP contribution is 2.25. The van der Waals surface area contributed by atoms with Crippen molar-refractivity contribution in [3.63, 3.8) is 0 Å². The predicted molar refractivity (Wildman–Crippen MR) is 116 cm³/mol. The van der Waals surface area contributed by atoms with Crippen molar-refractivity contribution in [1.29, 1.82) is 0 Å². The molecule has 3 atom stereocenters. The van der Waals surface area contributed by atoms with E-state index in [4.69, 9.17) is 19.7 Å². The van der Waals surface area contributed by atoms with Crippen LogP contribution in [-0.4, -0.2) is 70.8 Å². The zero-order valence-electron chi connectivity index (χ0n) is 19.3. The molecule has 2 amide bonds. The van der Waals surface area contributed by atoms with Crippen molar-refractivity contribution in [2.45, 2.75) is 77.7 Å². The van der Waals surface area contributed by atoms with E-state index >= 15 is 0 Å². The van der Waals surface area contributed by atoms with Gasteiger partial charge >= 0.3 is 17.9 Å². The molecule has 0 aromatic carbocycles. The Morgan fingerprint density at radius 1 is 1.12 bits per heavy atom. The molecule has 11 heteroatoms. The fourth-order valence-electron chi connectivity index (χ4n) is 3.49. The van der Waals surface area contributed by atoms with Crippen LogP contribution in [0.2, 0.25) is 0 Å². The van der Waals surface area contributed by atoms with Crippen LogP contribution in [0.4, 0.5) is 0 Å². The van der Waals surface area contributed by atoms with Gasteiger partial charge in [-0.1, -0.05) is 13.8 Å². The van der Waals surface area contributed by atoms with Crippen LogP contribution in [0.5, 0.6) is 0 Å². The third-order valence-electron chi connectivity index (χ3n) is 5.03. The first-order chi connectivity index (χ1) is 15.5. The van der Waals surface area contributed by atoms with Crippen molar-refractivity contribution in [2.24, 2.45) is 0 Å². The van der Waals surface area contributed by atoms with Crippen LogP contribution >= 0.6 is 0 Å². The van der Waals surface area contributed by atoms with Crippen LogP contribution in [0.1, 0.15) is 53.4 Å². The van der Waals surface area contributed by atoms with E-state index in [1.165, 1.54) is 6.92 Å². The van der Waals surface area contributed by atoms with E-state index in [2.05, 4.69) is 10.6 Å². The Morgan fingerprint density at radius 2 is 1.76 bits per heavy atom. The summed E-state index contributed by atoms with van der Waals surface area (Å²) in [4.78, 5) is 59.0. The lowest BCUT2D eigenvalue weighted by Crippen LogP contribution is -2.59. The van der Waals surface area contributed by atoms with Crippen molar-refractivity contribution in [1.82, 2.24) is 10.6 Å². The third kappa shape index (κ3) is 9.05. The number of rotatable bonds is 12. The molecule has 0 saturated carbocycles. The lowest BCUT2D eigenvalue weighted by Gasteiger charge is -2.38. The average molecular weight is 469 g/mol. The molecule has 0 aliphatic heterocycles. The second-order valence-electron chi connectivity index (χ2n) is 7.55. The number of esters is 1. The molecule has 11 nitrogen and oxygen atoms in total. The molecule has 0 aromatic rings. The topological polar surface area (TPSA) is 168 Å². The Morgan fingerprint density at radius 3 is 2.24 bits per heavy atom. The highest BCUT2D eigenvalue weighted by Gasteiger charge is 2.38. The quantitative estimate of drug-likeness (QED) is 0.240. The van der Waals surface area contributed by atoms with Crippen molar-refractivity contribution in [3.05, 3.63) is 23.3 Å². The number of hydrogen-bond donors (Lipinski definition) is 4. The largest absolute Gasteiger partial charge is 0.478 e. The number of carboxylic acids is 2. The summed E-state index contributed by atoms with van der Waals surface area (Å²) in [5.74, 6) is -4.80. The summed E-state index contributed by atoms with van der Waals surface area (Å²) in [5, 5.41) is 23.3. The van der Waals surface area contributed by atoms with E-state index in [0.717, 1.165) is 0 Å². The van der Waals surface area contributed by atoms with Crippen molar-refractivity contribution < 1.29 is 43.7 Å². The van der Waals surface area contributed by atoms with E-state index in [9.17, 15) is 24.0 Å². The molecule has 33 heavy (non-hydrogen) atoms. The number of hydrogen-bond acceptors (Lipinski definition) is 7. The summed E-state index contributed by atoms with van der Waals surface area (Å²) in [6, 6.07) is -1.58. The lowest BCUT2D eigenvalue weighted by molar-refractivity contribution is -0.139. The molecule has 0 heterocycles. The summed E-state index contributed by atoms with van der Waals surface area (Å²) in [5.41, 5.74) is -0.364. The smallest absolute Gasteiger partial charge is 0.333 e. The zero-order valence-corrected chi connectivity index (χ0v) is 19.3. The molecule has 0 fully saturated rings. The minimum absolute atomic E-state index is 0.00332. The summed E-state index contributed by atoms with van der Waals surface area (Å²) >= 11 is 0. The first-order valence-corrected chi connectivity index (χ1v) is 10.8. The van der Waals surface area contributed by atoms with Gasteiger partial charge in [-0.2, -0.15) is 0 Å². The van der Waals surface area contributed by atoms with Gasteiger partial charge in [0.1, 0.15) is 0 Å². The molecule has 0 aromatic heterocycles. The fourth-order valence-corrected chi connectivity index (χ4v) is 3.49. The maximum Gasteiger partial charge on any atom is 0.333 e. The average Bonchev–Trinajstić information content (AvgIpc) is 2.72. The second-order valence-corrected chi connectivity index (χ2v) is 7.55. The molecule has 0 saturated heterocycles. The second kappa shape index (κ2) is 13.4. The molecule has 1 aliphatic carbocycles. The van der Waals surface area contributed by atoms with Gasteiger partial charge in [-0.25, -0.2) is 14.4 Å². The Balaban J connectivity index is 3.26. The van der Waals surface area contributed by atoms with Gasteiger partial charge in [0.05, 0.1) is 42.9 Å². The van der Waals surface area contributed by atoms with Gasteiger partial charge in [0.2, 0.25) is 11.8 Å². The number of nitrogens with one attached hydrogen (secondary N) is 2. The maximum atomic E-state index is 12.6. The molecular formula is C22H32N2O9. The van der Waals surface area contributed by atoms with Crippen LogP contribution in [0.3, 0.4) is 0 Å². The van der Waals surface area contributed by atoms with Gasteiger partial charge in [-0.15, -0.1) is 0 Å². The molecule has 0 spiro atoms. The Bertz CT molecular complexity index is 815. The van der Waals surface area contributed by atoms with Crippen LogP contribution in [0, 0.1) is 0 Å². The first kappa shape index (κ1) is 27.8. The number of carbonyl (C=O) groups is 5. The van der Waals surface area contributed by atoms with Crippen LogP contribution in [0.15, 0.2) is 23.3 Å². The lowest BCUT2D eigenvalue weighted by atomic mass is 9.87. The molecule has 1 rings (SSSR count). The Labute approximate surface area is 192 Å². The highest BCUT2D eigenvalue weighted by molar-refractivity contribution is 5.99. The predicted octanol–water partition coefficient (Wildman–Crippen LogP) is 0.929. The van der Waals surface area contributed by atoms with Crippen LogP contribution in [-0.2, 0) is 33.4 Å². The van der Waals surface area contributed by atoms with E-state index in [1.807, 2.05) is 13.8 Å². The van der Waals surface area contributed by atoms with Crippen molar-refractivity contribution in [3.8, 4) is 0 Å². The molecule has 0 radical (unpaired) electrons. The molecule has 4 N–H and O–H groups in total. The standard InChI is InChI=1S/C22H32N2O9/c1-5-15(6-2)33-17-9-14(22(31)32-7-3)8-16(20(17)23-12(4)25)24-18(26)10-13(21(29)30)11-19(27)28/h9,11,15-17,20H,5-8,10H2,1-4H3,(H,23,25)(H,24,26)(H,27,28)(H,29,30)/b13-11-/t16-,17+,20+/m0/s1. The zero-order chi connectivity index (χ0) is 25.1. The molecule has 0 bridgehead atoms. The maximum absolute atomic E-state index is 12.6. The van der Waals surface area contributed by atoms with E-state index in [0.29, 0.717) is 18.9 Å². The number of carboxylic acid groups (broad SMARTS) is 2. The fraction of sp³-hybridized carbons (Fsp3) is 0.591. The normalized spacial score (nSPS) is 20.6. The summed E-state index contributed by atoms with van der Waals surface area (Å²) in [6.45, 7) is 6.96. The molecule has 1 aliphatic rings. The summed E-state index contributed by atoms with van der Waals surface area (Å²) in [7, 11) is 0. The number of carbonyl (C=O) groups excluding carboxylic acids is 3. The van der Waals surface area contributed by atoms with E-state index in [-0.39, 0.29) is 30.6 Å². The van der Waals surface area contributed by atoms with Crippen molar-refractivity contribution in [2.75, 3.05) is 6.61 Å². The number of aliphatic carboxylic acids is 2. The Hall–Kier alpha value is -3.21. The number of amides is 2. The number of ether oxygens (including phenoxy) is 2. The monoisotopic (exact) mass is 468 g/mol. The van der Waals surface area contributed by atoms with Gasteiger partial charge < -0.3 is 30.3 Å².